The van der Waals surface area contributed by atoms with Crippen LogP contribution in [0.3, 0.4) is 0 Å². The van der Waals surface area contributed by atoms with Gasteiger partial charge in [0.2, 0.25) is 5.82 Å². The van der Waals surface area contributed by atoms with Crippen molar-refractivity contribution in [1.82, 2.24) is 10.3 Å². The first-order valence-corrected chi connectivity index (χ1v) is 9.26. The molecule has 1 amide bonds. The summed E-state index contributed by atoms with van der Waals surface area (Å²) in [6, 6.07) is 3.80. The van der Waals surface area contributed by atoms with Crippen molar-refractivity contribution in [2.45, 2.75) is 39.5 Å². The molecule has 0 radical (unpaired) electrons. The summed E-state index contributed by atoms with van der Waals surface area (Å²) in [5, 5.41) is 4.97. The van der Waals surface area contributed by atoms with Crippen molar-refractivity contribution >= 4 is 17.5 Å². The molecule has 24 heavy (non-hydrogen) atoms. The first kappa shape index (κ1) is 18.7. The number of nitrogens with zero attached hydrogens (tertiary/aromatic N) is 2. The van der Waals surface area contributed by atoms with Crippen LogP contribution in [-0.2, 0) is 0 Å². The zero-order valence-electron chi connectivity index (χ0n) is 15.1. The van der Waals surface area contributed by atoms with Gasteiger partial charge >= 0.3 is 0 Å². The monoisotopic (exact) mass is 334 g/mol. The van der Waals surface area contributed by atoms with E-state index in [0.717, 1.165) is 50.0 Å². The van der Waals surface area contributed by atoms with Gasteiger partial charge < -0.3 is 16.0 Å². The third-order valence-corrected chi connectivity index (χ3v) is 4.16. The van der Waals surface area contributed by atoms with Crippen LogP contribution in [0.1, 0.15) is 49.9 Å². The zero-order valence-corrected chi connectivity index (χ0v) is 15.1. The summed E-state index contributed by atoms with van der Waals surface area (Å²) < 4.78 is 0. The van der Waals surface area contributed by atoms with Crippen LogP contribution < -0.4 is 21.3 Å². The van der Waals surface area contributed by atoms with Crippen molar-refractivity contribution in [3.63, 3.8) is 0 Å². The third kappa shape index (κ3) is 5.76. The second-order valence-corrected chi connectivity index (χ2v) is 6.57. The van der Waals surface area contributed by atoms with Gasteiger partial charge in [-0.05, 0) is 37.7 Å². The largest absolute Gasteiger partial charge is 0.356 e. The van der Waals surface area contributed by atoms with Gasteiger partial charge in [-0.3, -0.25) is 10.1 Å². The minimum Gasteiger partial charge on any atom is -0.356 e. The molecule has 134 valence electrons. The highest BCUT2D eigenvalue weighted by Gasteiger charge is 2.25. The van der Waals surface area contributed by atoms with Crippen LogP contribution in [0, 0.1) is 5.92 Å². The number of nitrogens with one attached hydrogen (secondary N) is 1. The van der Waals surface area contributed by atoms with E-state index < -0.39 is 0 Å². The molecule has 0 bridgehead atoms. The fourth-order valence-electron chi connectivity index (χ4n) is 2.70. The van der Waals surface area contributed by atoms with E-state index in [1.807, 2.05) is 12.1 Å². The van der Waals surface area contributed by atoms with E-state index in [1.54, 1.807) is 0 Å². The molecule has 1 fully saturated rings. The lowest BCUT2D eigenvalue weighted by Gasteiger charge is -2.23. The molecule has 0 spiro atoms. The highest BCUT2D eigenvalue weighted by molar-refractivity contribution is 5.95. The number of anilines is 1. The Hall–Kier alpha value is -1.66. The number of hydrogen-bond acceptors (Lipinski definition) is 4. The Morgan fingerprint density at radius 3 is 2.79 bits per heavy atom. The Morgan fingerprint density at radius 1 is 1.38 bits per heavy atom. The SMILES string of the molecule is CCC[NH2+]c1cc(C(=O)NCCN)cc(N(CCC)CC2CC2)n1. The fraction of sp³-hybridized carbons (Fsp3) is 0.667. The maximum absolute atomic E-state index is 12.4. The molecule has 2 rings (SSSR count). The topological polar surface area (TPSA) is 87.9 Å². The highest BCUT2D eigenvalue weighted by Crippen LogP contribution is 2.31. The van der Waals surface area contributed by atoms with Gasteiger partial charge in [-0.1, -0.05) is 13.8 Å². The van der Waals surface area contributed by atoms with Gasteiger partial charge in [-0.2, -0.15) is 4.98 Å². The second kappa shape index (κ2) is 9.59. The fourth-order valence-corrected chi connectivity index (χ4v) is 2.70. The van der Waals surface area contributed by atoms with Gasteiger partial charge in [0.15, 0.2) is 0 Å². The number of pyridine rings is 1. The van der Waals surface area contributed by atoms with Crippen LogP contribution in [0.25, 0.3) is 0 Å². The number of aromatic nitrogens is 1. The number of carbonyl (C=O) groups is 1. The Balaban J connectivity index is 2.23. The van der Waals surface area contributed by atoms with Gasteiger partial charge in [0.1, 0.15) is 5.82 Å². The van der Waals surface area contributed by atoms with Crippen molar-refractivity contribution in [3.8, 4) is 0 Å². The molecule has 1 aliphatic carbocycles. The van der Waals surface area contributed by atoms with Crippen molar-refractivity contribution < 1.29 is 10.1 Å². The summed E-state index contributed by atoms with van der Waals surface area (Å²) in [6.07, 6.45) is 4.77. The van der Waals surface area contributed by atoms with Crippen molar-refractivity contribution in [2.75, 3.05) is 37.6 Å². The average Bonchev–Trinajstić information content (AvgIpc) is 3.41. The summed E-state index contributed by atoms with van der Waals surface area (Å²) in [5.41, 5.74) is 6.16. The normalized spacial score (nSPS) is 13.8. The molecular formula is C18H32N5O+. The average molecular weight is 334 g/mol. The Labute approximate surface area is 145 Å². The molecule has 1 aromatic rings. The quantitative estimate of drug-likeness (QED) is 0.563. The van der Waals surface area contributed by atoms with E-state index in [4.69, 9.17) is 10.7 Å². The number of nitrogens with two attached hydrogens (primary N) is 2. The molecule has 1 heterocycles. The summed E-state index contributed by atoms with van der Waals surface area (Å²) in [7, 11) is 0. The van der Waals surface area contributed by atoms with Crippen LogP contribution in [0.4, 0.5) is 11.6 Å². The molecular weight excluding hydrogens is 302 g/mol. The van der Waals surface area contributed by atoms with Crippen molar-refractivity contribution in [1.29, 1.82) is 0 Å². The predicted octanol–water partition coefficient (Wildman–Crippen LogP) is 1.00. The number of amides is 1. The van der Waals surface area contributed by atoms with Crippen LogP contribution >= 0.6 is 0 Å². The number of quaternary nitrogens is 1. The van der Waals surface area contributed by atoms with Gasteiger partial charge in [0.25, 0.3) is 5.91 Å². The molecule has 0 atom stereocenters. The van der Waals surface area contributed by atoms with E-state index in [-0.39, 0.29) is 5.91 Å². The molecule has 5 N–H and O–H groups in total. The second-order valence-electron chi connectivity index (χ2n) is 6.57. The lowest BCUT2D eigenvalue weighted by molar-refractivity contribution is -0.575. The summed E-state index contributed by atoms with van der Waals surface area (Å²) in [4.78, 5) is 19.5. The molecule has 0 saturated heterocycles. The van der Waals surface area contributed by atoms with Crippen LogP contribution in [0.2, 0.25) is 0 Å². The highest BCUT2D eigenvalue weighted by atomic mass is 16.1. The molecule has 0 aromatic carbocycles. The Bertz CT molecular complexity index is 530. The Kier molecular flexibility index (Phi) is 7.46. The first-order valence-electron chi connectivity index (χ1n) is 9.26. The smallest absolute Gasteiger partial charge is 0.251 e. The molecule has 6 heteroatoms. The van der Waals surface area contributed by atoms with Crippen LogP contribution in [-0.4, -0.2) is 43.6 Å². The van der Waals surface area contributed by atoms with Gasteiger partial charge in [-0.15, -0.1) is 0 Å². The van der Waals surface area contributed by atoms with Crippen LogP contribution in [0.15, 0.2) is 12.1 Å². The lowest BCUT2D eigenvalue weighted by atomic mass is 10.2. The van der Waals surface area contributed by atoms with E-state index in [9.17, 15) is 4.79 Å². The summed E-state index contributed by atoms with van der Waals surface area (Å²) in [5.74, 6) is 2.53. The maximum atomic E-state index is 12.4. The minimum absolute atomic E-state index is 0.0712. The maximum Gasteiger partial charge on any atom is 0.251 e. The summed E-state index contributed by atoms with van der Waals surface area (Å²) >= 11 is 0. The first-order chi connectivity index (χ1) is 11.7. The number of rotatable bonds is 11. The number of hydrogen-bond donors (Lipinski definition) is 3. The predicted molar refractivity (Wildman–Crippen MR) is 97.6 cm³/mol. The van der Waals surface area contributed by atoms with E-state index >= 15 is 0 Å². The molecule has 1 aromatic heterocycles. The zero-order chi connectivity index (χ0) is 17.4. The van der Waals surface area contributed by atoms with Crippen molar-refractivity contribution in [2.24, 2.45) is 11.7 Å². The lowest BCUT2D eigenvalue weighted by Crippen LogP contribution is -2.78. The molecule has 1 aliphatic rings. The van der Waals surface area contributed by atoms with Gasteiger partial charge in [0.05, 0.1) is 12.1 Å². The number of carbonyl (C=O) groups excluding carboxylic acids is 1. The van der Waals surface area contributed by atoms with Crippen molar-refractivity contribution in [3.05, 3.63) is 17.7 Å². The standard InChI is InChI=1S/C18H31N5O/c1-3-8-20-16-11-15(18(24)21-9-7-19)12-17(22-16)23(10-4-2)13-14-5-6-14/h11-12,14H,3-10,13,19H2,1-2H3,(H,20,22)(H,21,24)/p+1. The molecule has 6 nitrogen and oxygen atoms in total. The summed E-state index contributed by atoms with van der Waals surface area (Å²) in [6.45, 7) is 8.25. The van der Waals surface area contributed by atoms with E-state index in [1.165, 1.54) is 12.8 Å². The Morgan fingerprint density at radius 2 is 2.17 bits per heavy atom. The van der Waals surface area contributed by atoms with E-state index in [2.05, 4.69) is 29.4 Å². The minimum atomic E-state index is -0.0712. The van der Waals surface area contributed by atoms with Gasteiger partial charge in [-0.25, -0.2) is 0 Å². The molecule has 0 aliphatic heterocycles. The van der Waals surface area contributed by atoms with Gasteiger partial charge in [0, 0.05) is 32.2 Å². The molecule has 1 saturated carbocycles. The van der Waals surface area contributed by atoms with Crippen LogP contribution in [0.5, 0.6) is 0 Å². The van der Waals surface area contributed by atoms with E-state index in [0.29, 0.717) is 18.7 Å². The third-order valence-electron chi connectivity index (χ3n) is 4.16. The molecule has 0 unspecified atom stereocenters.